The maximum absolute atomic E-state index is 11.0. The van der Waals surface area contributed by atoms with Gasteiger partial charge in [0.15, 0.2) is 0 Å². The summed E-state index contributed by atoms with van der Waals surface area (Å²) in [6.07, 6.45) is 2.05. The van der Waals surface area contributed by atoms with E-state index in [1.54, 1.807) is 31.2 Å². The SMILES string of the molecule is C/C(=N/OS(C)(=O)=O)c1ccccc1-[n+]1cc([O-])on1. The Balaban J connectivity index is 2.42. The molecule has 2 rings (SSSR count). The molecule has 1 aromatic carbocycles. The van der Waals surface area contributed by atoms with Crippen LogP contribution < -0.4 is 9.79 Å². The third-order valence-corrected chi connectivity index (χ3v) is 2.64. The first-order valence-electron chi connectivity index (χ1n) is 5.45. The second-order valence-corrected chi connectivity index (χ2v) is 5.50. The Labute approximate surface area is 115 Å². The molecule has 0 amide bonds. The van der Waals surface area contributed by atoms with E-state index in [4.69, 9.17) is 0 Å². The van der Waals surface area contributed by atoms with Crippen LogP contribution in [0.1, 0.15) is 12.5 Å². The zero-order valence-corrected chi connectivity index (χ0v) is 11.5. The molecule has 0 fully saturated rings. The van der Waals surface area contributed by atoms with E-state index in [2.05, 4.69) is 19.2 Å². The molecule has 0 saturated heterocycles. The molecule has 0 unspecified atom stereocenters. The van der Waals surface area contributed by atoms with E-state index < -0.39 is 16.1 Å². The van der Waals surface area contributed by atoms with Gasteiger partial charge >= 0.3 is 10.1 Å². The number of oxime groups is 1. The van der Waals surface area contributed by atoms with Crippen LogP contribution in [-0.2, 0) is 14.4 Å². The fraction of sp³-hybridized carbons (Fsp3) is 0.182. The van der Waals surface area contributed by atoms with Crippen LogP contribution in [0.15, 0.2) is 40.1 Å². The van der Waals surface area contributed by atoms with Crippen molar-refractivity contribution in [1.82, 2.24) is 5.27 Å². The van der Waals surface area contributed by atoms with Crippen molar-refractivity contribution in [2.75, 3.05) is 6.26 Å². The molecule has 0 spiro atoms. The number of hydrogen-bond acceptors (Lipinski definition) is 7. The standard InChI is InChI=1S/C11H11N3O5S/c1-8(12-19-20(2,16)17)9-5-3-4-6-10(9)14-7-11(15)18-13-14/h3-7H,1-2H3/b12-8-. The highest BCUT2D eigenvalue weighted by atomic mass is 32.2. The van der Waals surface area contributed by atoms with Gasteiger partial charge in [-0.3, -0.25) is 4.28 Å². The van der Waals surface area contributed by atoms with Crippen LogP contribution in [-0.4, -0.2) is 25.7 Å². The third kappa shape index (κ3) is 3.32. The topological polar surface area (TPSA) is 109 Å². The lowest BCUT2D eigenvalue weighted by Crippen LogP contribution is -2.33. The van der Waals surface area contributed by atoms with E-state index in [1.165, 1.54) is 4.68 Å². The van der Waals surface area contributed by atoms with Crippen LogP contribution in [0.5, 0.6) is 5.95 Å². The molecule has 0 radical (unpaired) electrons. The maximum Gasteiger partial charge on any atom is 0.325 e. The summed E-state index contributed by atoms with van der Waals surface area (Å²) in [5.74, 6) is -0.596. The summed E-state index contributed by atoms with van der Waals surface area (Å²) in [6.45, 7) is 1.57. The summed E-state index contributed by atoms with van der Waals surface area (Å²) in [5, 5.41) is 18.1. The minimum atomic E-state index is -3.68. The summed E-state index contributed by atoms with van der Waals surface area (Å²) in [7, 11) is -3.68. The zero-order valence-electron chi connectivity index (χ0n) is 10.7. The molecule has 2 aromatic rings. The molecular formula is C11H11N3O5S. The van der Waals surface area contributed by atoms with Crippen molar-refractivity contribution in [2.24, 2.45) is 5.16 Å². The van der Waals surface area contributed by atoms with Crippen LogP contribution >= 0.6 is 0 Å². The van der Waals surface area contributed by atoms with Gasteiger partial charge in [-0.15, -0.1) is 0 Å². The Morgan fingerprint density at radius 3 is 2.75 bits per heavy atom. The second kappa shape index (κ2) is 5.29. The van der Waals surface area contributed by atoms with Gasteiger partial charge < -0.3 is 9.63 Å². The summed E-state index contributed by atoms with van der Waals surface area (Å²) >= 11 is 0. The minimum Gasteiger partial charge on any atom is -0.539 e. The van der Waals surface area contributed by atoms with Gasteiger partial charge in [0.2, 0.25) is 11.9 Å². The number of para-hydroxylation sites is 1. The van der Waals surface area contributed by atoms with E-state index in [0.29, 0.717) is 17.0 Å². The zero-order chi connectivity index (χ0) is 14.8. The quantitative estimate of drug-likeness (QED) is 0.436. The first kappa shape index (κ1) is 14.0. The smallest absolute Gasteiger partial charge is 0.325 e. The average molecular weight is 297 g/mol. The lowest BCUT2D eigenvalue weighted by molar-refractivity contribution is -0.670. The fourth-order valence-corrected chi connectivity index (χ4v) is 1.74. The predicted octanol–water partition coefficient (Wildman–Crippen LogP) is -0.275. The van der Waals surface area contributed by atoms with Crippen LogP contribution in [0.25, 0.3) is 5.69 Å². The van der Waals surface area contributed by atoms with Crippen molar-refractivity contribution in [2.45, 2.75) is 6.92 Å². The van der Waals surface area contributed by atoms with E-state index >= 15 is 0 Å². The molecular weight excluding hydrogens is 286 g/mol. The molecule has 0 atom stereocenters. The Morgan fingerprint density at radius 2 is 2.15 bits per heavy atom. The predicted molar refractivity (Wildman–Crippen MR) is 65.6 cm³/mol. The molecule has 0 bridgehead atoms. The van der Waals surface area contributed by atoms with E-state index in [-0.39, 0.29) is 0 Å². The normalized spacial score (nSPS) is 12.4. The Morgan fingerprint density at radius 1 is 1.45 bits per heavy atom. The largest absolute Gasteiger partial charge is 0.539 e. The van der Waals surface area contributed by atoms with Gasteiger partial charge in [-0.2, -0.15) is 8.42 Å². The highest BCUT2D eigenvalue weighted by molar-refractivity contribution is 7.85. The van der Waals surface area contributed by atoms with Gasteiger partial charge in [0, 0.05) is 6.07 Å². The third-order valence-electron chi connectivity index (χ3n) is 2.30. The Kier molecular flexibility index (Phi) is 3.70. The Bertz CT molecular complexity index is 751. The highest BCUT2D eigenvalue weighted by Crippen LogP contribution is 2.11. The van der Waals surface area contributed by atoms with E-state index in [0.717, 1.165) is 12.5 Å². The second-order valence-electron chi connectivity index (χ2n) is 3.94. The lowest BCUT2D eigenvalue weighted by Gasteiger charge is -2.01. The molecule has 8 nitrogen and oxygen atoms in total. The summed E-state index contributed by atoms with van der Waals surface area (Å²) in [4.78, 5) is 0. The van der Waals surface area contributed by atoms with Crippen molar-refractivity contribution < 1.29 is 27.0 Å². The van der Waals surface area contributed by atoms with Crippen molar-refractivity contribution in [1.29, 1.82) is 0 Å². The molecule has 1 heterocycles. The number of rotatable bonds is 4. The van der Waals surface area contributed by atoms with Gasteiger partial charge in [-0.1, -0.05) is 17.3 Å². The highest BCUT2D eigenvalue weighted by Gasteiger charge is 2.17. The maximum atomic E-state index is 11.0. The number of nitrogens with zero attached hydrogens (tertiary/aromatic N) is 3. The molecule has 0 N–H and O–H groups in total. The van der Waals surface area contributed by atoms with Crippen LogP contribution in [0.2, 0.25) is 0 Å². The van der Waals surface area contributed by atoms with Crippen molar-refractivity contribution in [3.63, 3.8) is 0 Å². The van der Waals surface area contributed by atoms with Gasteiger partial charge in [0.1, 0.15) is 5.95 Å². The van der Waals surface area contributed by atoms with Crippen LogP contribution in [0.4, 0.5) is 0 Å². The molecule has 20 heavy (non-hydrogen) atoms. The monoisotopic (exact) mass is 297 g/mol. The molecule has 0 aliphatic rings. The van der Waals surface area contributed by atoms with Gasteiger partial charge in [0.05, 0.1) is 22.8 Å². The molecule has 106 valence electrons. The lowest BCUT2D eigenvalue weighted by atomic mass is 10.1. The molecule has 9 heteroatoms. The molecule has 0 aliphatic heterocycles. The summed E-state index contributed by atoms with van der Waals surface area (Å²) in [6, 6.07) is 6.83. The van der Waals surface area contributed by atoms with Crippen molar-refractivity contribution >= 4 is 15.8 Å². The van der Waals surface area contributed by atoms with Crippen molar-refractivity contribution in [3.05, 3.63) is 36.0 Å². The van der Waals surface area contributed by atoms with Gasteiger partial charge in [-0.05, 0) is 17.7 Å². The van der Waals surface area contributed by atoms with Crippen LogP contribution in [0.3, 0.4) is 0 Å². The van der Waals surface area contributed by atoms with E-state index in [9.17, 15) is 13.5 Å². The molecule has 1 aromatic heterocycles. The summed E-state index contributed by atoms with van der Waals surface area (Å²) in [5.41, 5.74) is 1.38. The van der Waals surface area contributed by atoms with Crippen LogP contribution in [0, 0.1) is 0 Å². The average Bonchev–Trinajstić information content (AvgIpc) is 2.82. The Hall–Kier alpha value is -2.42. The fourth-order valence-electron chi connectivity index (χ4n) is 1.50. The number of hydrogen-bond donors (Lipinski definition) is 0. The first-order chi connectivity index (χ1) is 9.37. The van der Waals surface area contributed by atoms with E-state index in [1.807, 2.05) is 0 Å². The minimum absolute atomic E-state index is 0.314. The summed E-state index contributed by atoms with van der Waals surface area (Å²) < 4.78 is 31.9. The molecule has 0 aliphatic carbocycles. The number of benzene rings is 1. The van der Waals surface area contributed by atoms with Gasteiger partial charge in [0.25, 0.3) is 0 Å². The first-order valence-corrected chi connectivity index (χ1v) is 7.27. The van der Waals surface area contributed by atoms with Crippen molar-refractivity contribution in [3.8, 4) is 11.6 Å². The molecule has 0 saturated carbocycles. The number of aromatic nitrogens is 2. The van der Waals surface area contributed by atoms with Gasteiger partial charge in [-0.25, -0.2) is 0 Å².